The van der Waals surface area contributed by atoms with E-state index in [9.17, 15) is 13.0 Å². The van der Waals surface area contributed by atoms with Crippen molar-refractivity contribution in [2.75, 3.05) is 6.61 Å². The Kier molecular flexibility index (Phi) is 45.1. The van der Waals surface area contributed by atoms with E-state index in [1.165, 1.54) is 212 Å². The van der Waals surface area contributed by atoms with Crippen LogP contribution in [0.4, 0.5) is 0 Å². The fraction of sp³-hybridized carbons (Fsp3) is 1.00. The fourth-order valence-corrected chi connectivity index (χ4v) is 7.34. The second-order valence-corrected chi connectivity index (χ2v) is 15.9. The zero-order valence-corrected chi connectivity index (χ0v) is 36.4. The molecule has 1 unspecified atom stereocenters. The van der Waals surface area contributed by atoms with Gasteiger partial charge in [0.2, 0.25) is 10.4 Å². The predicted octanol–water partition coefficient (Wildman–Crippen LogP) is 11.6. The van der Waals surface area contributed by atoms with E-state index in [2.05, 4.69) is 18.0 Å². The molecule has 4 nitrogen and oxygen atoms in total. The molecule has 0 fully saturated rings. The van der Waals surface area contributed by atoms with Crippen LogP contribution in [0.5, 0.6) is 0 Å². The Hall–Kier alpha value is 1.51. The van der Waals surface area contributed by atoms with Crippen LogP contribution < -0.4 is 51.4 Å². The van der Waals surface area contributed by atoms with Gasteiger partial charge in [-0.1, -0.05) is 239 Å². The molecular formula is C41H83KO4S. The molecule has 0 rings (SSSR count). The first-order valence-corrected chi connectivity index (χ1v) is 22.4. The van der Waals surface area contributed by atoms with Gasteiger partial charge in [0.05, 0.1) is 6.61 Å². The van der Waals surface area contributed by atoms with Crippen LogP contribution in [-0.2, 0) is 14.6 Å². The third kappa shape index (κ3) is 45.5. The number of hydrogen-bond acceptors (Lipinski definition) is 4. The van der Waals surface area contributed by atoms with Crippen molar-refractivity contribution in [3.05, 3.63) is 0 Å². The summed E-state index contributed by atoms with van der Waals surface area (Å²) in [6.07, 6.45) is 49.7. The minimum Gasteiger partial charge on any atom is -0.726 e. The van der Waals surface area contributed by atoms with E-state index in [0.717, 1.165) is 25.7 Å². The topological polar surface area (TPSA) is 66.4 Å². The summed E-state index contributed by atoms with van der Waals surface area (Å²) < 4.78 is 37.8. The van der Waals surface area contributed by atoms with Crippen molar-refractivity contribution in [3.8, 4) is 0 Å². The quantitative estimate of drug-likeness (QED) is 0.0275. The maximum atomic E-state index is 11.0. The normalized spacial score (nSPS) is 12.4. The summed E-state index contributed by atoms with van der Waals surface area (Å²) in [4.78, 5) is 0. The number of rotatable bonds is 40. The second-order valence-electron chi connectivity index (χ2n) is 14.8. The largest absolute Gasteiger partial charge is 1.00 e. The van der Waals surface area contributed by atoms with Crippen LogP contribution in [0.1, 0.15) is 251 Å². The minimum absolute atomic E-state index is 0. The molecule has 0 aromatic heterocycles. The monoisotopic (exact) mass is 711 g/mol. The first-order valence-electron chi connectivity index (χ1n) is 21.1. The molecular weight excluding hydrogens is 628 g/mol. The third-order valence-electron chi connectivity index (χ3n) is 10.1. The van der Waals surface area contributed by atoms with Crippen LogP contribution in [0.15, 0.2) is 0 Å². The minimum atomic E-state index is -4.59. The van der Waals surface area contributed by atoms with Gasteiger partial charge in [-0.25, -0.2) is 8.42 Å². The van der Waals surface area contributed by atoms with Crippen molar-refractivity contribution < 1.29 is 68.5 Å². The molecule has 0 aromatic carbocycles. The van der Waals surface area contributed by atoms with Crippen molar-refractivity contribution >= 4 is 10.4 Å². The Labute approximate surface area is 339 Å². The van der Waals surface area contributed by atoms with E-state index >= 15 is 0 Å². The molecule has 0 heterocycles. The van der Waals surface area contributed by atoms with Crippen molar-refractivity contribution in [1.29, 1.82) is 0 Å². The van der Waals surface area contributed by atoms with Crippen molar-refractivity contribution in [2.45, 2.75) is 251 Å². The number of unbranched alkanes of at least 4 members (excludes halogenated alkanes) is 33. The van der Waals surface area contributed by atoms with Gasteiger partial charge >= 0.3 is 51.4 Å². The van der Waals surface area contributed by atoms with Gasteiger partial charge in [0.15, 0.2) is 0 Å². The summed E-state index contributed by atoms with van der Waals surface area (Å²) >= 11 is 0. The predicted molar refractivity (Wildman–Crippen MR) is 201 cm³/mol. The summed E-state index contributed by atoms with van der Waals surface area (Å²) in [5.41, 5.74) is 0. The van der Waals surface area contributed by atoms with E-state index in [1.54, 1.807) is 0 Å². The van der Waals surface area contributed by atoms with E-state index < -0.39 is 10.4 Å². The Morgan fingerprint density at radius 1 is 0.383 bits per heavy atom. The molecule has 0 amide bonds. The van der Waals surface area contributed by atoms with E-state index in [1.807, 2.05) is 0 Å². The SMILES string of the molecule is CCCCCCCCCCCCCCCCCCCCC(CCCCCCCCCCCCCCCCCCC)COS(=O)(=O)[O-].[K+]. The van der Waals surface area contributed by atoms with Crippen LogP contribution in [0, 0.1) is 5.92 Å². The van der Waals surface area contributed by atoms with Crippen LogP contribution in [0.3, 0.4) is 0 Å². The third-order valence-corrected chi connectivity index (χ3v) is 10.6. The van der Waals surface area contributed by atoms with Gasteiger partial charge in [0.25, 0.3) is 0 Å². The van der Waals surface area contributed by atoms with Gasteiger partial charge in [-0.2, -0.15) is 0 Å². The van der Waals surface area contributed by atoms with Gasteiger partial charge in [-0.05, 0) is 18.8 Å². The molecule has 1 atom stereocenters. The molecule has 0 bridgehead atoms. The summed E-state index contributed by atoms with van der Waals surface area (Å²) in [6.45, 7) is 4.64. The first kappa shape index (κ1) is 50.6. The molecule has 0 saturated carbocycles. The van der Waals surface area contributed by atoms with E-state index in [-0.39, 0.29) is 63.9 Å². The fourth-order valence-electron chi connectivity index (χ4n) is 6.98. The Morgan fingerprint density at radius 3 is 0.766 bits per heavy atom. The molecule has 0 aliphatic carbocycles. The molecule has 0 aliphatic rings. The molecule has 47 heavy (non-hydrogen) atoms. The molecule has 0 aromatic rings. The average molecular weight is 711 g/mol. The molecule has 6 heteroatoms. The molecule has 0 saturated heterocycles. The summed E-state index contributed by atoms with van der Waals surface area (Å²) in [7, 11) is -4.59. The number of hydrogen-bond donors (Lipinski definition) is 0. The Morgan fingerprint density at radius 2 is 0.574 bits per heavy atom. The molecule has 0 N–H and O–H groups in total. The summed E-state index contributed by atoms with van der Waals surface area (Å²) in [6, 6.07) is 0. The average Bonchev–Trinajstić information content (AvgIpc) is 3.03. The maximum absolute atomic E-state index is 11.0. The smallest absolute Gasteiger partial charge is 0.726 e. The summed E-state index contributed by atoms with van der Waals surface area (Å²) in [5, 5.41) is 0. The maximum Gasteiger partial charge on any atom is 1.00 e. The first-order chi connectivity index (χ1) is 22.5. The van der Waals surface area contributed by atoms with Crippen LogP contribution in [-0.4, -0.2) is 19.6 Å². The van der Waals surface area contributed by atoms with Gasteiger partial charge < -0.3 is 4.55 Å². The zero-order valence-electron chi connectivity index (χ0n) is 32.5. The van der Waals surface area contributed by atoms with Gasteiger partial charge in [0.1, 0.15) is 0 Å². The van der Waals surface area contributed by atoms with Crippen LogP contribution >= 0.6 is 0 Å². The van der Waals surface area contributed by atoms with Gasteiger partial charge in [-0.3, -0.25) is 4.18 Å². The Bertz CT molecular complexity index is 672. The van der Waals surface area contributed by atoms with E-state index in [4.69, 9.17) is 0 Å². The zero-order chi connectivity index (χ0) is 33.7. The van der Waals surface area contributed by atoms with Crippen LogP contribution in [0.2, 0.25) is 0 Å². The van der Waals surface area contributed by atoms with Gasteiger partial charge in [-0.15, -0.1) is 0 Å². The standard InChI is InChI=1S/C41H84O4S.K/c1-3-5-7-9-11-13-15-17-19-21-23-25-27-29-31-33-35-37-39-41(40-45-46(42,43)44)38-36-34-32-30-28-26-24-22-20-18-16-14-12-10-8-6-4-2;/h41H,3-40H2,1-2H3,(H,42,43,44);/q;+1/p-1. The van der Waals surface area contributed by atoms with Gasteiger partial charge in [0, 0.05) is 0 Å². The van der Waals surface area contributed by atoms with Crippen molar-refractivity contribution in [3.63, 3.8) is 0 Å². The van der Waals surface area contributed by atoms with Crippen molar-refractivity contribution in [2.24, 2.45) is 5.92 Å². The molecule has 0 spiro atoms. The van der Waals surface area contributed by atoms with E-state index in [0.29, 0.717) is 0 Å². The van der Waals surface area contributed by atoms with Crippen molar-refractivity contribution in [1.82, 2.24) is 0 Å². The Balaban J connectivity index is 0. The molecule has 278 valence electrons. The second kappa shape index (κ2) is 41.9. The van der Waals surface area contributed by atoms with Crippen LogP contribution in [0.25, 0.3) is 0 Å². The molecule has 0 aliphatic heterocycles. The molecule has 0 radical (unpaired) electrons. The summed E-state index contributed by atoms with van der Waals surface area (Å²) in [5.74, 6) is 0.195.